The number of hydrogen-bond donors (Lipinski definition) is 2. The normalized spacial score (nSPS) is 25.9. The van der Waals surface area contributed by atoms with Crippen molar-refractivity contribution in [2.45, 2.75) is 31.6 Å². The fraction of sp³-hybridized carbons (Fsp3) is 0.538. The van der Waals surface area contributed by atoms with Crippen LogP contribution in [0.4, 0.5) is 5.69 Å². The van der Waals surface area contributed by atoms with E-state index in [2.05, 4.69) is 21.2 Å². The molecule has 110 valence electrons. The molecule has 6 nitrogen and oxygen atoms in total. The molecule has 1 aliphatic rings. The number of nitro groups is 1. The van der Waals surface area contributed by atoms with Crippen LogP contribution in [0.1, 0.15) is 18.9 Å². The molecule has 1 fully saturated rings. The van der Waals surface area contributed by atoms with Gasteiger partial charge in [0.05, 0.1) is 11.0 Å². The number of aliphatic hydroxyl groups is 1. The minimum Gasteiger partial charge on any atom is -0.386 e. The molecule has 2 unspecified atom stereocenters. The van der Waals surface area contributed by atoms with Crippen LogP contribution in [-0.2, 0) is 11.3 Å². The molecular formula is C13H17BrN2O4. The Hall–Kier alpha value is -1.02. The van der Waals surface area contributed by atoms with Crippen LogP contribution in [-0.4, -0.2) is 34.9 Å². The zero-order valence-electron chi connectivity index (χ0n) is 11.1. The van der Waals surface area contributed by atoms with Gasteiger partial charge in [-0.3, -0.25) is 10.1 Å². The number of hydrogen-bond acceptors (Lipinski definition) is 5. The molecule has 2 rings (SSSR count). The molecule has 2 N–H and O–H groups in total. The average molecular weight is 345 g/mol. The lowest BCUT2D eigenvalue weighted by atomic mass is 9.96. The SMILES string of the molecule is CC1OCCC1(O)CNCc1ccc([N+](=O)[O-])cc1Br. The van der Waals surface area contributed by atoms with Gasteiger partial charge in [-0.05, 0) is 18.6 Å². The summed E-state index contributed by atoms with van der Waals surface area (Å²) in [5.74, 6) is 0. The van der Waals surface area contributed by atoms with Crippen molar-refractivity contribution >= 4 is 21.6 Å². The van der Waals surface area contributed by atoms with E-state index in [4.69, 9.17) is 4.74 Å². The van der Waals surface area contributed by atoms with Crippen molar-refractivity contribution in [3.05, 3.63) is 38.3 Å². The molecule has 1 aromatic carbocycles. The third kappa shape index (κ3) is 3.35. The monoisotopic (exact) mass is 344 g/mol. The lowest BCUT2D eigenvalue weighted by Gasteiger charge is -2.26. The Labute approximate surface area is 125 Å². The van der Waals surface area contributed by atoms with Gasteiger partial charge in [-0.2, -0.15) is 0 Å². The first-order valence-corrected chi connectivity index (χ1v) is 7.19. The van der Waals surface area contributed by atoms with Crippen molar-refractivity contribution in [3.8, 4) is 0 Å². The second-order valence-corrected chi connectivity index (χ2v) is 5.86. The Morgan fingerprint density at radius 3 is 2.95 bits per heavy atom. The van der Waals surface area contributed by atoms with E-state index in [1.165, 1.54) is 12.1 Å². The van der Waals surface area contributed by atoms with E-state index in [0.29, 0.717) is 30.6 Å². The van der Waals surface area contributed by atoms with Crippen molar-refractivity contribution in [1.29, 1.82) is 0 Å². The van der Waals surface area contributed by atoms with Crippen LogP contribution in [0.15, 0.2) is 22.7 Å². The predicted octanol–water partition coefficient (Wildman–Crippen LogP) is 1.99. The number of nitrogens with one attached hydrogen (secondary N) is 1. The van der Waals surface area contributed by atoms with E-state index >= 15 is 0 Å². The first-order chi connectivity index (χ1) is 9.42. The van der Waals surface area contributed by atoms with Crippen LogP contribution in [0.5, 0.6) is 0 Å². The molecule has 1 aromatic rings. The molecule has 0 aromatic heterocycles. The molecule has 0 spiro atoms. The zero-order valence-corrected chi connectivity index (χ0v) is 12.7. The van der Waals surface area contributed by atoms with Crippen molar-refractivity contribution in [2.75, 3.05) is 13.2 Å². The van der Waals surface area contributed by atoms with Gasteiger partial charge >= 0.3 is 0 Å². The second kappa shape index (κ2) is 6.17. The molecule has 1 heterocycles. The van der Waals surface area contributed by atoms with Crippen LogP contribution in [0, 0.1) is 10.1 Å². The number of non-ortho nitro benzene ring substituents is 1. The predicted molar refractivity (Wildman–Crippen MR) is 77.5 cm³/mol. The fourth-order valence-corrected chi connectivity index (χ4v) is 2.72. The van der Waals surface area contributed by atoms with Gasteiger partial charge in [-0.15, -0.1) is 0 Å². The van der Waals surface area contributed by atoms with Gasteiger partial charge in [0.25, 0.3) is 5.69 Å². The molecule has 0 radical (unpaired) electrons. The molecule has 2 atom stereocenters. The lowest BCUT2D eigenvalue weighted by Crippen LogP contribution is -2.45. The maximum absolute atomic E-state index is 10.7. The number of ether oxygens (including phenoxy) is 1. The third-order valence-electron chi connectivity index (χ3n) is 3.65. The Morgan fingerprint density at radius 2 is 2.40 bits per heavy atom. The fourth-order valence-electron chi connectivity index (χ4n) is 2.21. The van der Waals surface area contributed by atoms with Crippen LogP contribution < -0.4 is 5.32 Å². The largest absolute Gasteiger partial charge is 0.386 e. The van der Waals surface area contributed by atoms with Gasteiger partial charge in [-0.25, -0.2) is 0 Å². The van der Waals surface area contributed by atoms with E-state index in [9.17, 15) is 15.2 Å². The lowest BCUT2D eigenvalue weighted by molar-refractivity contribution is -0.384. The van der Waals surface area contributed by atoms with Gasteiger partial charge in [0.15, 0.2) is 0 Å². The Bertz CT molecular complexity index is 511. The Kier molecular flexibility index (Phi) is 4.74. The van der Waals surface area contributed by atoms with Gasteiger partial charge < -0.3 is 15.2 Å². The highest BCUT2D eigenvalue weighted by molar-refractivity contribution is 9.10. The summed E-state index contributed by atoms with van der Waals surface area (Å²) in [6.45, 7) is 3.38. The summed E-state index contributed by atoms with van der Waals surface area (Å²) in [4.78, 5) is 10.2. The van der Waals surface area contributed by atoms with Gasteiger partial charge in [-0.1, -0.05) is 15.9 Å². The minimum atomic E-state index is -0.840. The van der Waals surface area contributed by atoms with Crippen molar-refractivity contribution in [2.24, 2.45) is 0 Å². The topological polar surface area (TPSA) is 84.6 Å². The maximum Gasteiger partial charge on any atom is 0.270 e. The Morgan fingerprint density at radius 1 is 1.65 bits per heavy atom. The summed E-state index contributed by atoms with van der Waals surface area (Å²) in [6.07, 6.45) is 0.429. The third-order valence-corrected chi connectivity index (χ3v) is 4.39. The van der Waals surface area contributed by atoms with Crippen molar-refractivity contribution < 1.29 is 14.8 Å². The molecule has 0 bridgehead atoms. The molecule has 0 amide bonds. The number of nitro benzene ring substituents is 1. The standard InChI is InChI=1S/C13H17BrN2O4/c1-9-13(17,4-5-20-9)8-15-7-10-2-3-11(16(18)19)6-12(10)14/h2-3,6,9,15,17H,4-5,7-8H2,1H3. The maximum atomic E-state index is 10.7. The average Bonchev–Trinajstić information content (AvgIpc) is 2.71. The molecule has 7 heteroatoms. The van der Waals surface area contributed by atoms with Gasteiger partial charge in [0.2, 0.25) is 0 Å². The summed E-state index contributed by atoms with van der Waals surface area (Å²) in [5, 5.41) is 24.2. The van der Waals surface area contributed by atoms with E-state index < -0.39 is 10.5 Å². The summed E-state index contributed by atoms with van der Waals surface area (Å²) in [7, 11) is 0. The minimum absolute atomic E-state index is 0.0528. The Balaban J connectivity index is 1.93. The first kappa shape index (κ1) is 15.4. The first-order valence-electron chi connectivity index (χ1n) is 6.40. The second-order valence-electron chi connectivity index (χ2n) is 5.00. The molecule has 0 saturated carbocycles. The van der Waals surface area contributed by atoms with Crippen LogP contribution >= 0.6 is 15.9 Å². The van der Waals surface area contributed by atoms with Crippen molar-refractivity contribution in [3.63, 3.8) is 0 Å². The van der Waals surface area contributed by atoms with Crippen molar-refractivity contribution in [1.82, 2.24) is 5.32 Å². The number of benzene rings is 1. The van der Waals surface area contributed by atoms with E-state index in [1.807, 2.05) is 6.92 Å². The van der Waals surface area contributed by atoms with Crippen LogP contribution in [0.2, 0.25) is 0 Å². The number of nitrogens with zero attached hydrogens (tertiary/aromatic N) is 1. The van der Waals surface area contributed by atoms with E-state index in [0.717, 1.165) is 5.56 Å². The number of rotatable bonds is 5. The van der Waals surface area contributed by atoms with E-state index in [1.54, 1.807) is 6.07 Å². The summed E-state index contributed by atoms with van der Waals surface area (Å²) in [5.41, 5.74) is 0.121. The van der Waals surface area contributed by atoms with Gasteiger partial charge in [0.1, 0.15) is 5.60 Å². The molecular weight excluding hydrogens is 328 g/mol. The highest BCUT2D eigenvalue weighted by Gasteiger charge is 2.38. The molecule has 1 aliphatic heterocycles. The van der Waals surface area contributed by atoms with Crippen LogP contribution in [0.25, 0.3) is 0 Å². The molecule has 1 saturated heterocycles. The summed E-state index contributed by atoms with van der Waals surface area (Å²) >= 11 is 3.32. The highest BCUT2D eigenvalue weighted by Crippen LogP contribution is 2.26. The summed E-state index contributed by atoms with van der Waals surface area (Å²) in [6, 6.07) is 4.65. The number of halogens is 1. The van der Waals surface area contributed by atoms with E-state index in [-0.39, 0.29) is 11.8 Å². The molecule has 20 heavy (non-hydrogen) atoms. The highest BCUT2D eigenvalue weighted by atomic mass is 79.9. The summed E-state index contributed by atoms with van der Waals surface area (Å²) < 4.78 is 6.05. The van der Waals surface area contributed by atoms with Gasteiger partial charge in [0, 0.05) is 42.7 Å². The zero-order chi connectivity index (χ0) is 14.8. The molecule has 0 aliphatic carbocycles. The quantitative estimate of drug-likeness (QED) is 0.630. The van der Waals surface area contributed by atoms with Crippen LogP contribution in [0.3, 0.4) is 0 Å². The smallest absolute Gasteiger partial charge is 0.270 e.